The minimum atomic E-state index is -1.65. The summed E-state index contributed by atoms with van der Waals surface area (Å²) < 4.78 is 39.4. The molecule has 8 heteroatoms. The summed E-state index contributed by atoms with van der Waals surface area (Å²) in [6, 6.07) is 1.64. The first-order valence-electron chi connectivity index (χ1n) is 8.29. The molecule has 0 spiro atoms. The number of anilines is 1. The lowest BCUT2D eigenvalue weighted by atomic mass is 9.84. The Morgan fingerprint density at radius 3 is 2.52 bits per heavy atom. The second kappa shape index (κ2) is 8.84. The van der Waals surface area contributed by atoms with Crippen LogP contribution in [-0.4, -0.2) is 31.4 Å². The third-order valence-electron chi connectivity index (χ3n) is 4.45. The predicted octanol–water partition coefficient (Wildman–Crippen LogP) is 2.18. The molecule has 1 aliphatic heterocycles. The molecule has 1 fully saturated rings. The summed E-state index contributed by atoms with van der Waals surface area (Å²) in [5.74, 6) is -4.78. The molecule has 1 aliphatic rings. The van der Waals surface area contributed by atoms with Crippen molar-refractivity contribution in [1.82, 2.24) is 10.6 Å². The van der Waals surface area contributed by atoms with Gasteiger partial charge in [0.15, 0.2) is 17.5 Å². The normalized spacial score (nSPS) is 16.3. The molecule has 0 bridgehead atoms. The van der Waals surface area contributed by atoms with Crippen molar-refractivity contribution in [2.45, 2.75) is 26.2 Å². The van der Waals surface area contributed by atoms with Crippen LogP contribution in [0.15, 0.2) is 12.1 Å². The predicted molar refractivity (Wildman–Crippen MR) is 87.3 cm³/mol. The first-order valence-corrected chi connectivity index (χ1v) is 8.29. The van der Waals surface area contributed by atoms with E-state index < -0.39 is 29.0 Å². The van der Waals surface area contributed by atoms with E-state index in [0.717, 1.165) is 32.0 Å². The molecule has 25 heavy (non-hydrogen) atoms. The number of nitrogens with one attached hydrogen (secondary N) is 3. The van der Waals surface area contributed by atoms with Gasteiger partial charge in [-0.25, -0.2) is 13.2 Å². The number of carbonyl (C=O) groups is 2. The van der Waals surface area contributed by atoms with Gasteiger partial charge >= 0.3 is 0 Å². The zero-order valence-electron chi connectivity index (χ0n) is 14.0. The summed E-state index contributed by atoms with van der Waals surface area (Å²) in [5.41, 5.74) is -0.471. The van der Waals surface area contributed by atoms with Crippen LogP contribution in [0.5, 0.6) is 0 Å². The van der Waals surface area contributed by atoms with Crippen LogP contribution in [0.4, 0.5) is 18.9 Å². The van der Waals surface area contributed by atoms with Crippen molar-refractivity contribution in [2.75, 3.05) is 25.0 Å². The Hall–Kier alpha value is -2.09. The minimum absolute atomic E-state index is 0.203. The maximum atomic E-state index is 13.5. The van der Waals surface area contributed by atoms with Gasteiger partial charge in [-0.15, -0.1) is 0 Å². The van der Waals surface area contributed by atoms with Gasteiger partial charge in [-0.1, -0.05) is 6.92 Å². The Kier molecular flexibility index (Phi) is 6.81. The Morgan fingerprint density at radius 1 is 1.16 bits per heavy atom. The molecule has 1 saturated heterocycles. The average Bonchev–Trinajstić information content (AvgIpc) is 2.61. The zero-order valence-corrected chi connectivity index (χ0v) is 14.0. The zero-order chi connectivity index (χ0) is 18.4. The number of piperidine rings is 1. The van der Waals surface area contributed by atoms with Crippen molar-refractivity contribution in [3.63, 3.8) is 0 Å². The molecule has 0 radical (unpaired) electrons. The van der Waals surface area contributed by atoms with Crippen LogP contribution in [-0.2, 0) is 9.59 Å². The topological polar surface area (TPSA) is 70.2 Å². The Labute approximate surface area is 144 Å². The average molecular weight is 357 g/mol. The fourth-order valence-electron chi connectivity index (χ4n) is 2.94. The fraction of sp³-hybridized carbons (Fsp3) is 0.529. The van der Waals surface area contributed by atoms with Gasteiger partial charge in [0.1, 0.15) is 0 Å². The van der Waals surface area contributed by atoms with Gasteiger partial charge < -0.3 is 16.0 Å². The van der Waals surface area contributed by atoms with E-state index in [1.165, 1.54) is 0 Å². The molecule has 1 heterocycles. The van der Waals surface area contributed by atoms with E-state index in [4.69, 9.17) is 0 Å². The van der Waals surface area contributed by atoms with E-state index in [-0.39, 0.29) is 18.4 Å². The molecule has 0 aliphatic carbocycles. The summed E-state index contributed by atoms with van der Waals surface area (Å²) in [4.78, 5) is 23.7. The molecule has 1 atom stereocenters. The molecule has 1 aromatic rings. The quantitative estimate of drug-likeness (QED) is 0.684. The van der Waals surface area contributed by atoms with Crippen molar-refractivity contribution >= 4 is 17.5 Å². The molecular weight excluding hydrogens is 335 g/mol. The summed E-state index contributed by atoms with van der Waals surface area (Å²) in [7, 11) is 0. The van der Waals surface area contributed by atoms with Crippen LogP contribution < -0.4 is 16.0 Å². The first kappa shape index (κ1) is 19.2. The molecule has 5 nitrogen and oxygen atoms in total. The lowest BCUT2D eigenvalue weighted by Crippen LogP contribution is -2.36. The molecule has 2 rings (SSSR count). The van der Waals surface area contributed by atoms with Gasteiger partial charge in [0.05, 0.1) is 12.2 Å². The number of benzene rings is 1. The highest BCUT2D eigenvalue weighted by atomic mass is 19.2. The summed E-state index contributed by atoms with van der Waals surface area (Å²) >= 11 is 0. The molecular formula is C17H22F3N3O2. The number of hydrogen-bond donors (Lipinski definition) is 3. The van der Waals surface area contributed by atoms with E-state index in [1.54, 1.807) is 0 Å². The number of amides is 2. The summed E-state index contributed by atoms with van der Waals surface area (Å²) in [6.45, 7) is 3.53. The largest absolute Gasteiger partial charge is 0.347 e. The fourth-order valence-corrected chi connectivity index (χ4v) is 2.94. The highest BCUT2D eigenvalue weighted by Crippen LogP contribution is 2.24. The van der Waals surface area contributed by atoms with Crippen molar-refractivity contribution in [1.29, 1.82) is 0 Å². The van der Waals surface area contributed by atoms with E-state index in [2.05, 4.69) is 16.0 Å². The number of rotatable bonds is 6. The highest BCUT2D eigenvalue weighted by molar-refractivity contribution is 5.94. The third kappa shape index (κ3) is 5.45. The van der Waals surface area contributed by atoms with Crippen LogP contribution in [0.25, 0.3) is 0 Å². The van der Waals surface area contributed by atoms with Crippen molar-refractivity contribution in [3.8, 4) is 0 Å². The molecule has 2 amide bonds. The van der Waals surface area contributed by atoms with Crippen LogP contribution in [0, 0.1) is 29.3 Å². The number of hydrogen-bond acceptors (Lipinski definition) is 3. The Bertz CT molecular complexity index is 634. The summed E-state index contributed by atoms with van der Waals surface area (Å²) in [5, 5.41) is 7.83. The first-order chi connectivity index (χ1) is 11.9. The van der Waals surface area contributed by atoms with Crippen LogP contribution in [0.2, 0.25) is 0 Å². The van der Waals surface area contributed by atoms with Crippen molar-refractivity contribution in [2.24, 2.45) is 11.8 Å². The van der Waals surface area contributed by atoms with Crippen molar-refractivity contribution in [3.05, 3.63) is 29.6 Å². The molecule has 1 unspecified atom stereocenters. The Morgan fingerprint density at radius 2 is 1.84 bits per heavy atom. The summed E-state index contributed by atoms with van der Waals surface area (Å²) in [6.07, 6.45) is 2.34. The van der Waals surface area contributed by atoms with Gasteiger partial charge in [0.25, 0.3) is 0 Å². The van der Waals surface area contributed by atoms with E-state index in [1.807, 2.05) is 6.92 Å². The molecule has 0 saturated carbocycles. The minimum Gasteiger partial charge on any atom is -0.347 e. The second-order valence-corrected chi connectivity index (χ2v) is 6.32. The lowest BCUT2D eigenvalue weighted by molar-refractivity contribution is -0.125. The van der Waals surface area contributed by atoms with E-state index in [0.29, 0.717) is 18.4 Å². The second-order valence-electron chi connectivity index (χ2n) is 6.32. The maximum Gasteiger partial charge on any atom is 0.243 e. The Balaban J connectivity index is 1.77. The van der Waals surface area contributed by atoms with Gasteiger partial charge in [0.2, 0.25) is 11.8 Å². The monoisotopic (exact) mass is 357 g/mol. The SMILES string of the molecule is CC(CC(=O)NCC(=O)Nc1ccc(F)c(F)c1F)C1CCNCC1. The standard InChI is InChI=1S/C17H22F3N3O2/c1-10(11-4-6-21-7-5-11)8-14(24)22-9-15(25)23-13-3-2-12(18)16(19)17(13)20/h2-3,10-11,21H,4-9H2,1H3,(H,22,24)(H,23,25). The highest BCUT2D eigenvalue weighted by Gasteiger charge is 2.22. The van der Waals surface area contributed by atoms with Gasteiger partial charge in [-0.3, -0.25) is 9.59 Å². The third-order valence-corrected chi connectivity index (χ3v) is 4.45. The maximum absolute atomic E-state index is 13.5. The number of halogens is 3. The van der Waals surface area contributed by atoms with E-state index >= 15 is 0 Å². The molecule has 3 N–H and O–H groups in total. The van der Waals surface area contributed by atoms with Crippen LogP contribution in [0.1, 0.15) is 26.2 Å². The van der Waals surface area contributed by atoms with Crippen LogP contribution in [0.3, 0.4) is 0 Å². The molecule has 138 valence electrons. The van der Waals surface area contributed by atoms with Gasteiger partial charge in [0, 0.05) is 6.42 Å². The molecule has 0 aromatic heterocycles. The van der Waals surface area contributed by atoms with Crippen molar-refractivity contribution < 1.29 is 22.8 Å². The van der Waals surface area contributed by atoms with Gasteiger partial charge in [-0.05, 0) is 49.9 Å². The lowest BCUT2D eigenvalue weighted by Gasteiger charge is -2.27. The van der Waals surface area contributed by atoms with Gasteiger partial charge in [-0.2, -0.15) is 0 Å². The number of carbonyl (C=O) groups excluding carboxylic acids is 2. The van der Waals surface area contributed by atoms with Crippen LogP contribution >= 0.6 is 0 Å². The molecule has 1 aromatic carbocycles. The smallest absolute Gasteiger partial charge is 0.243 e. The van der Waals surface area contributed by atoms with E-state index in [9.17, 15) is 22.8 Å².